The summed E-state index contributed by atoms with van der Waals surface area (Å²) in [5.41, 5.74) is 1.64. The van der Waals surface area contributed by atoms with E-state index < -0.39 is 5.97 Å². The van der Waals surface area contributed by atoms with Gasteiger partial charge in [0.2, 0.25) is 0 Å². The lowest BCUT2D eigenvalue weighted by Gasteiger charge is -2.19. The fraction of sp³-hybridized carbons (Fsp3) is 0.529. The van der Waals surface area contributed by atoms with Crippen LogP contribution >= 0.6 is 0 Å². The van der Waals surface area contributed by atoms with Crippen molar-refractivity contribution in [3.8, 4) is 0 Å². The number of hydrogen-bond acceptors (Lipinski definition) is 3. The number of carbonyl (C=O) groups is 2. The number of ether oxygens (including phenoxy) is 1. The second-order valence-corrected chi connectivity index (χ2v) is 6.28. The molecule has 4 nitrogen and oxygen atoms in total. The van der Waals surface area contributed by atoms with Crippen LogP contribution in [0.5, 0.6) is 0 Å². The average molecular weight is 291 g/mol. The molecule has 0 aliphatic carbocycles. The normalized spacial score (nSPS) is 12.6. The van der Waals surface area contributed by atoms with Crippen LogP contribution in [0.2, 0.25) is 0 Å². The van der Waals surface area contributed by atoms with Gasteiger partial charge in [0.1, 0.15) is 0 Å². The van der Waals surface area contributed by atoms with Gasteiger partial charge in [-0.2, -0.15) is 0 Å². The summed E-state index contributed by atoms with van der Waals surface area (Å²) in [5.74, 6) is -0.751. The van der Waals surface area contributed by atoms with E-state index in [1.165, 1.54) is 0 Å². The van der Waals surface area contributed by atoms with Crippen LogP contribution < -0.4 is 5.32 Å². The van der Waals surface area contributed by atoms with Crippen molar-refractivity contribution < 1.29 is 14.3 Å². The Kier molecular flexibility index (Phi) is 5.94. The second kappa shape index (κ2) is 7.25. The molecule has 0 fully saturated rings. The summed E-state index contributed by atoms with van der Waals surface area (Å²) in [6.07, 6.45) is 0.841. The quantitative estimate of drug-likeness (QED) is 0.848. The fourth-order valence-electron chi connectivity index (χ4n) is 1.74. The van der Waals surface area contributed by atoms with E-state index in [1.54, 1.807) is 12.1 Å². The molecule has 0 radical (unpaired) electrons. The molecule has 0 spiro atoms. The van der Waals surface area contributed by atoms with Gasteiger partial charge in [0, 0.05) is 6.04 Å². The van der Waals surface area contributed by atoms with E-state index in [0.717, 1.165) is 12.0 Å². The zero-order chi connectivity index (χ0) is 16.0. The molecule has 1 N–H and O–H groups in total. The zero-order valence-electron chi connectivity index (χ0n) is 13.5. The van der Waals surface area contributed by atoms with Gasteiger partial charge in [0.15, 0.2) is 6.61 Å². The van der Waals surface area contributed by atoms with Gasteiger partial charge in [0.05, 0.1) is 5.56 Å². The van der Waals surface area contributed by atoms with Gasteiger partial charge in [-0.25, -0.2) is 4.79 Å². The molecule has 21 heavy (non-hydrogen) atoms. The van der Waals surface area contributed by atoms with Crippen molar-refractivity contribution in [3.05, 3.63) is 35.4 Å². The van der Waals surface area contributed by atoms with E-state index in [0.29, 0.717) is 5.56 Å². The van der Waals surface area contributed by atoms with Crippen LogP contribution in [0.1, 0.15) is 57.0 Å². The minimum absolute atomic E-state index is 0.0403. The predicted octanol–water partition coefficient (Wildman–Crippen LogP) is 3.06. The van der Waals surface area contributed by atoms with E-state index in [2.05, 4.69) is 26.1 Å². The molecule has 1 amide bonds. The van der Waals surface area contributed by atoms with Gasteiger partial charge in [-0.05, 0) is 36.5 Å². The zero-order valence-corrected chi connectivity index (χ0v) is 13.5. The van der Waals surface area contributed by atoms with Gasteiger partial charge >= 0.3 is 5.97 Å². The second-order valence-electron chi connectivity index (χ2n) is 6.28. The van der Waals surface area contributed by atoms with E-state index in [4.69, 9.17) is 4.74 Å². The smallest absolute Gasteiger partial charge is 0.338 e. The Morgan fingerprint density at radius 2 is 1.76 bits per heavy atom. The highest BCUT2D eigenvalue weighted by Gasteiger charge is 2.15. The van der Waals surface area contributed by atoms with Gasteiger partial charge in [-0.3, -0.25) is 4.79 Å². The topological polar surface area (TPSA) is 55.4 Å². The third-order valence-corrected chi connectivity index (χ3v) is 3.34. The van der Waals surface area contributed by atoms with Crippen molar-refractivity contribution in [2.75, 3.05) is 6.61 Å². The largest absolute Gasteiger partial charge is 0.452 e. The molecule has 0 bridgehead atoms. The van der Waals surface area contributed by atoms with E-state index in [9.17, 15) is 9.59 Å². The number of esters is 1. The highest BCUT2D eigenvalue weighted by atomic mass is 16.5. The molecular formula is C17H25NO3. The highest BCUT2D eigenvalue weighted by molar-refractivity contribution is 5.91. The number of nitrogens with one attached hydrogen (secondary N) is 1. The van der Waals surface area contributed by atoms with Gasteiger partial charge < -0.3 is 10.1 Å². The summed E-state index contributed by atoms with van der Waals surface area (Å²) in [5, 5.41) is 2.75. The fourth-order valence-corrected chi connectivity index (χ4v) is 1.74. The molecule has 0 aliphatic rings. The summed E-state index contributed by atoms with van der Waals surface area (Å²) < 4.78 is 5.01. The Hall–Kier alpha value is -1.84. The maximum atomic E-state index is 11.9. The lowest BCUT2D eigenvalue weighted by molar-refractivity contribution is -0.124. The molecule has 0 aromatic heterocycles. The molecule has 0 heterocycles. The van der Waals surface area contributed by atoms with E-state index in [1.807, 2.05) is 26.0 Å². The van der Waals surface area contributed by atoms with Crippen LogP contribution in [0.25, 0.3) is 0 Å². The number of carbonyl (C=O) groups excluding carboxylic acids is 2. The summed E-state index contributed by atoms with van der Waals surface area (Å²) in [4.78, 5) is 23.4. The number of amides is 1. The first-order chi connectivity index (χ1) is 9.74. The molecule has 0 saturated heterocycles. The lowest BCUT2D eigenvalue weighted by atomic mass is 9.87. The van der Waals surface area contributed by atoms with Crippen molar-refractivity contribution in [1.29, 1.82) is 0 Å². The summed E-state index contributed by atoms with van der Waals surface area (Å²) in [6.45, 7) is 9.97. The summed E-state index contributed by atoms with van der Waals surface area (Å²) in [7, 11) is 0. The minimum Gasteiger partial charge on any atom is -0.452 e. The molecule has 1 aromatic rings. The molecule has 0 unspecified atom stereocenters. The molecule has 0 saturated carbocycles. The lowest BCUT2D eigenvalue weighted by Crippen LogP contribution is -2.35. The van der Waals surface area contributed by atoms with Crippen molar-refractivity contribution in [1.82, 2.24) is 5.32 Å². The number of benzene rings is 1. The first-order valence-corrected chi connectivity index (χ1v) is 7.31. The Morgan fingerprint density at radius 3 is 2.24 bits per heavy atom. The van der Waals surface area contributed by atoms with Crippen LogP contribution in [-0.4, -0.2) is 24.5 Å². The first-order valence-electron chi connectivity index (χ1n) is 7.31. The van der Waals surface area contributed by atoms with Crippen molar-refractivity contribution in [2.45, 2.75) is 52.5 Å². The van der Waals surface area contributed by atoms with E-state index >= 15 is 0 Å². The molecule has 1 rings (SSSR count). The highest BCUT2D eigenvalue weighted by Crippen LogP contribution is 2.22. The van der Waals surface area contributed by atoms with Gasteiger partial charge in [-0.1, -0.05) is 39.8 Å². The third kappa shape index (κ3) is 5.58. The standard InChI is InChI=1S/C17H25NO3/c1-6-12(2)18-15(19)11-21-16(20)13-7-9-14(10-8-13)17(3,4)5/h7-10,12H,6,11H2,1-5H3,(H,18,19)/t12-/m1/s1. The van der Waals surface area contributed by atoms with Gasteiger partial charge in [0.25, 0.3) is 5.91 Å². The number of hydrogen-bond donors (Lipinski definition) is 1. The van der Waals surface area contributed by atoms with E-state index in [-0.39, 0.29) is 24.0 Å². The Balaban J connectivity index is 2.55. The maximum Gasteiger partial charge on any atom is 0.338 e. The molecule has 1 atom stereocenters. The van der Waals surface area contributed by atoms with Crippen molar-refractivity contribution in [3.63, 3.8) is 0 Å². The predicted molar refractivity (Wildman–Crippen MR) is 83.3 cm³/mol. The van der Waals surface area contributed by atoms with Crippen molar-refractivity contribution >= 4 is 11.9 Å². The first kappa shape index (κ1) is 17.2. The molecule has 116 valence electrons. The third-order valence-electron chi connectivity index (χ3n) is 3.34. The monoisotopic (exact) mass is 291 g/mol. The Morgan fingerprint density at radius 1 is 1.19 bits per heavy atom. The molecule has 4 heteroatoms. The maximum absolute atomic E-state index is 11.9. The van der Waals surface area contributed by atoms with Gasteiger partial charge in [-0.15, -0.1) is 0 Å². The molecular weight excluding hydrogens is 266 g/mol. The number of rotatable bonds is 5. The van der Waals surface area contributed by atoms with Crippen molar-refractivity contribution in [2.24, 2.45) is 0 Å². The Bertz CT molecular complexity index is 486. The summed E-state index contributed by atoms with van der Waals surface area (Å²) >= 11 is 0. The van der Waals surface area contributed by atoms with Crippen LogP contribution in [-0.2, 0) is 14.9 Å². The average Bonchev–Trinajstić information content (AvgIpc) is 2.43. The van der Waals surface area contributed by atoms with Crippen LogP contribution in [0.3, 0.4) is 0 Å². The van der Waals surface area contributed by atoms with Crippen LogP contribution in [0.4, 0.5) is 0 Å². The minimum atomic E-state index is -0.477. The Labute approximate surface area is 126 Å². The van der Waals surface area contributed by atoms with Crippen LogP contribution in [0.15, 0.2) is 24.3 Å². The summed E-state index contributed by atoms with van der Waals surface area (Å²) in [6, 6.07) is 7.37. The van der Waals surface area contributed by atoms with Crippen LogP contribution in [0, 0.1) is 0 Å². The molecule has 0 aliphatic heterocycles. The SMILES string of the molecule is CC[C@@H](C)NC(=O)COC(=O)c1ccc(C(C)(C)C)cc1. The molecule has 1 aromatic carbocycles.